The minimum absolute atomic E-state index is 0.130. The molecule has 0 radical (unpaired) electrons. The first-order valence-electron chi connectivity index (χ1n) is 7.32. The Balaban J connectivity index is 1.75. The molecule has 0 saturated heterocycles. The van der Waals surface area contributed by atoms with Gasteiger partial charge in [0.1, 0.15) is 5.75 Å². The molecule has 1 aromatic carbocycles. The quantitative estimate of drug-likeness (QED) is 0.548. The number of phenolic OH excluding ortho intramolecular Hbond substituents is 1. The highest BCUT2D eigenvalue weighted by atomic mass is 16.3. The lowest BCUT2D eigenvalue weighted by molar-refractivity contribution is 0.103. The molecule has 2 heterocycles. The van der Waals surface area contributed by atoms with E-state index < -0.39 is 0 Å². The van der Waals surface area contributed by atoms with Crippen LogP contribution in [0.25, 0.3) is 23.1 Å². The normalized spacial score (nSPS) is 13.7. The van der Waals surface area contributed by atoms with Crippen molar-refractivity contribution in [1.29, 1.82) is 0 Å². The number of hydrogen-bond donors (Lipinski definition) is 4. The Morgan fingerprint density at radius 2 is 1.96 bits per heavy atom. The van der Waals surface area contributed by atoms with Crippen LogP contribution in [0.3, 0.4) is 0 Å². The van der Waals surface area contributed by atoms with Gasteiger partial charge in [0, 0.05) is 34.3 Å². The van der Waals surface area contributed by atoms with Crippen molar-refractivity contribution >= 4 is 28.8 Å². The Hall–Kier alpha value is -3.21. The summed E-state index contributed by atoms with van der Waals surface area (Å²) in [4.78, 5) is 18.9. The third-order valence-corrected chi connectivity index (χ3v) is 3.95. The number of benzene rings is 1. The van der Waals surface area contributed by atoms with Gasteiger partial charge in [-0.3, -0.25) is 4.79 Å². The molecule has 0 fully saturated rings. The summed E-state index contributed by atoms with van der Waals surface area (Å²) in [6.07, 6.45) is 6.49. The summed E-state index contributed by atoms with van der Waals surface area (Å²) in [5, 5.41) is 10.3. The molecule has 1 aliphatic rings. The molecule has 0 bridgehead atoms. The van der Waals surface area contributed by atoms with Crippen molar-refractivity contribution in [3.05, 3.63) is 64.8 Å². The van der Waals surface area contributed by atoms with Gasteiger partial charge in [0.25, 0.3) is 0 Å². The number of phenols is 1. The lowest BCUT2D eigenvalue weighted by atomic mass is 10.1. The van der Waals surface area contributed by atoms with Crippen LogP contribution in [0, 0.1) is 0 Å². The van der Waals surface area contributed by atoms with Crippen molar-refractivity contribution in [1.82, 2.24) is 9.97 Å². The number of aromatic hydroxyl groups is 1. The minimum Gasteiger partial charge on any atom is -0.508 e. The summed E-state index contributed by atoms with van der Waals surface area (Å²) >= 11 is 0. The topological polar surface area (TPSA) is 94.9 Å². The molecule has 5 N–H and O–H groups in total. The number of nitrogens with one attached hydrogen (secondary N) is 2. The maximum Gasteiger partial charge on any atom is 0.225 e. The van der Waals surface area contributed by atoms with Gasteiger partial charge >= 0.3 is 0 Å². The van der Waals surface area contributed by atoms with Crippen molar-refractivity contribution in [2.75, 3.05) is 0 Å². The number of nitrogens with two attached hydrogens (primary N) is 1. The summed E-state index contributed by atoms with van der Waals surface area (Å²) in [5.74, 6) is 0.0435. The first-order valence-corrected chi connectivity index (χ1v) is 7.32. The summed E-state index contributed by atoms with van der Waals surface area (Å²) < 4.78 is 0. The Morgan fingerprint density at radius 1 is 1.13 bits per heavy atom. The van der Waals surface area contributed by atoms with E-state index in [2.05, 4.69) is 9.97 Å². The highest BCUT2D eigenvalue weighted by Gasteiger charge is 2.17. The van der Waals surface area contributed by atoms with Crippen molar-refractivity contribution in [2.45, 2.75) is 6.42 Å². The third kappa shape index (κ3) is 2.32. The predicted octanol–water partition coefficient (Wildman–Crippen LogP) is 3.15. The molecule has 0 amide bonds. The molecule has 1 aliphatic carbocycles. The van der Waals surface area contributed by atoms with Crippen LogP contribution >= 0.6 is 0 Å². The molecular formula is C18H15N3O2. The van der Waals surface area contributed by atoms with E-state index in [1.165, 1.54) is 0 Å². The standard InChI is InChI=1S/C18H15N3O2/c19-12-2-1-3-14-10(6-12)8-16(20-14)18(23)17-9-11-7-13(22)4-5-15(11)21-17/h1,3-9,20-22H,2,19H2. The predicted molar refractivity (Wildman–Crippen MR) is 90.0 cm³/mol. The van der Waals surface area contributed by atoms with E-state index in [1.807, 2.05) is 24.3 Å². The second kappa shape index (κ2) is 4.91. The van der Waals surface area contributed by atoms with Gasteiger partial charge in [-0.15, -0.1) is 0 Å². The van der Waals surface area contributed by atoms with E-state index in [9.17, 15) is 9.90 Å². The largest absolute Gasteiger partial charge is 0.508 e. The number of carbonyl (C=O) groups excluding carboxylic acids is 1. The monoisotopic (exact) mass is 305 g/mol. The van der Waals surface area contributed by atoms with Crippen LogP contribution in [0.5, 0.6) is 5.75 Å². The first-order chi connectivity index (χ1) is 11.1. The van der Waals surface area contributed by atoms with Crippen LogP contribution < -0.4 is 5.73 Å². The highest BCUT2D eigenvalue weighted by molar-refractivity contribution is 6.09. The number of allylic oxidation sites excluding steroid dienone is 1. The van der Waals surface area contributed by atoms with Gasteiger partial charge in [0.05, 0.1) is 11.4 Å². The van der Waals surface area contributed by atoms with Crippen LogP contribution in [-0.2, 0) is 0 Å². The molecule has 114 valence electrons. The molecule has 0 saturated carbocycles. The molecule has 0 unspecified atom stereocenters. The molecule has 23 heavy (non-hydrogen) atoms. The second-order valence-electron chi connectivity index (χ2n) is 5.66. The lowest BCUT2D eigenvalue weighted by Gasteiger charge is -1.94. The molecule has 4 rings (SSSR count). The van der Waals surface area contributed by atoms with E-state index >= 15 is 0 Å². The van der Waals surface area contributed by atoms with E-state index in [1.54, 1.807) is 24.3 Å². The Kier molecular flexibility index (Phi) is 2.87. The number of ketones is 1. The summed E-state index contributed by atoms with van der Waals surface area (Å²) in [7, 11) is 0. The number of carbonyl (C=O) groups is 1. The van der Waals surface area contributed by atoms with Gasteiger partial charge in [0.2, 0.25) is 5.78 Å². The zero-order valence-electron chi connectivity index (χ0n) is 12.3. The summed E-state index contributed by atoms with van der Waals surface area (Å²) in [6.45, 7) is 0. The van der Waals surface area contributed by atoms with Gasteiger partial charge in [0.15, 0.2) is 0 Å². The van der Waals surface area contributed by atoms with Gasteiger partial charge in [-0.25, -0.2) is 0 Å². The SMILES string of the molecule is NC1=Cc2cc(C(=O)c3cc4cc(O)ccc4[nH]3)[nH]c2C=CC1. The van der Waals surface area contributed by atoms with Crippen LogP contribution in [-0.4, -0.2) is 20.9 Å². The van der Waals surface area contributed by atoms with E-state index in [0.29, 0.717) is 17.8 Å². The van der Waals surface area contributed by atoms with Gasteiger partial charge in [-0.05, 0) is 42.5 Å². The van der Waals surface area contributed by atoms with Crippen molar-refractivity contribution < 1.29 is 9.90 Å². The van der Waals surface area contributed by atoms with Crippen LogP contribution in [0.4, 0.5) is 0 Å². The highest BCUT2D eigenvalue weighted by Crippen LogP contribution is 2.24. The zero-order chi connectivity index (χ0) is 16.0. The van der Waals surface area contributed by atoms with E-state index in [0.717, 1.165) is 27.9 Å². The van der Waals surface area contributed by atoms with Crippen LogP contribution in [0.2, 0.25) is 0 Å². The third-order valence-electron chi connectivity index (χ3n) is 3.95. The van der Waals surface area contributed by atoms with Gasteiger partial charge in [-0.1, -0.05) is 6.08 Å². The Morgan fingerprint density at radius 3 is 2.83 bits per heavy atom. The number of fused-ring (bicyclic) bond motifs is 2. The molecule has 0 spiro atoms. The molecule has 5 heteroatoms. The molecule has 0 atom stereocenters. The van der Waals surface area contributed by atoms with E-state index in [-0.39, 0.29) is 11.5 Å². The average molecular weight is 305 g/mol. The first kappa shape index (κ1) is 13.5. The van der Waals surface area contributed by atoms with Crippen LogP contribution in [0.15, 0.2) is 42.1 Å². The molecule has 2 aromatic heterocycles. The number of aromatic amines is 2. The van der Waals surface area contributed by atoms with Crippen molar-refractivity contribution in [2.24, 2.45) is 5.73 Å². The van der Waals surface area contributed by atoms with Gasteiger partial charge in [-0.2, -0.15) is 0 Å². The summed E-state index contributed by atoms with van der Waals surface area (Å²) in [6, 6.07) is 8.51. The number of aromatic nitrogens is 2. The minimum atomic E-state index is -0.130. The maximum absolute atomic E-state index is 12.7. The van der Waals surface area contributed by atoms with Gasteiger partial charge < -0.3 is 20.8 Å². The fraction of sp³-hybridized carbons (Fsp3) is 0.0556. The molecular weight excluding hydrogens is 290 g/mol. The molecule has 5 nitrogen and oxygen atoms in total. The second-order valence-corrected chi connectivity index (χ2v) is 5.66. The molecule has 3 aromatic rings. The number of rotatable bonds is 2. The Labute approximate surface area is 132 Å². The summed E-state index contributed by atoms with van der Waals surface area (Å²) in [5.41, 5.74) is 10.2. The number of hydrogen-bond acceptors (Lipinski definition) is 3. The van der Waals surface area contributed by atoms with E-state index in [4.69, 9.17) is 5.73 Å². The van der Waals surface area contributed by atoms with Crippen molar-refractivity contribution in [3.8, 4) is 5.75 Å². The fourth-order valence-corrected chi connectivity index (χ4v) is 2.83. The smallest absolute Gasteiger partial charge is 0.225 e. The Bertz CT molecular complexity index is 989. The average Bonchev–Trinajstić information content (AvgIpc) is 3.06. The molecule has 0 aliphatic heterocycles. The fourth-order valence-electron chi connectivity index (χ4n) is 2.83. The van der Waals surface area contributed by atoms with Crippen molar-refractivity contribution in [3.63, 3.8) is 0 Å². The number of H-pyrrole nitrogens is 2. The lowest BCUT2D eigenvalue weighted by Crippen LogP contribution is -2.01. The zero-order valence-corrected chi connectivity index (χ0v) is 12.3. The maximum atomic E-state index is 12.7. The van der Waals surface area contributed by atoms with Crippen LogP contribution in [0.1, 0.15) is 33.9 Å².